The van der Waals surface area contributed by atoms with Crippen molar-refractivity contribution in [1.29, 1.82) is 0 Å². The zero-order chi connectivity index (χ0) is 18.5. The van der Waals surface area contributed by atoms with E-state index in [0.717, 1.165) is 18.7 Å². The minimum atomic E-state index is -0.0293. The van der Waals surface area contributed by atoms with E-state index in [-0.39, 0.29) is 5.91 Å². The van der Waals surface area contributed by atoms with Crippen LogP contribution >= 0.6 is 0 Å². The minimum absolute atomic E-state index is 0.0293. The monoisotopic (exact) mass is 353 g/mol. The van der Waals surface area contributed by atoms with Gasteiger partial charge < -0.3 is 15.8 Å². The second-order valence-electron chi connectivity index (χ2n) is 6.96. The number of hydrogen-bond donors (Lipinski definition) is 2. The molecule has 1 aliphatic heterocycles. The van der Waals surface area contributed by atoms with Crippen molar-refractivity contribution in [3.63, 3.8) is 0 Å². The molecular formula is C21H27N3O2. The molecule has 1 saturated heterocycles. The number of ether oxygens (including phenoxy) is 1. The average molecular weight is 353 g/mol. The van der Waals surface area contributed by atoms with Gasteiger partial charge in [-0.25, -0.2) is 0 Å². The van der Waals surface area contributed by atoms with Crippen LogP contribution in [0.3, 0.4) is 0 Å². The minimum Gasteiger partial charge on any atom is -0.495 e. The molecule has 26 heavy (non-hydrogen) atoms. The van der Waals surface area contributed by atoms with E-state index in [1.165, 1.54) is 5.56 Å². The maximum atomic E-state index is 12.5. The molecule has 1 heterocycles. The molecule has 0 radical (unpaired) electrons. The van der Waals surface area contributed by atoms with Crippen LogP contribution in [0, 0.1) is 12.8 Å². The Hall–Kier alpha value is -2.37. The number of benzene rings is 2. The molecule has 0 saturated carbocycles. The Morgan fingerprint density at radius 2 is 2.00 bits per heavy atom. The zero-order valence-corrected chi connectivity index (χ0v) is 15.4. The number of hydrogen-bond acceptors (Lipinski definition) is 4. The quantitative estimate of drug-likeness (QED) is 0.838. The van der Waals surface area contributed by atoms with Crippen LogP contribution in [0.15, 0.2) is 48.5 Å². The summed E-state index contributed by atoms with van der Waals surface area (Å²) in [7, 11) is 1.61. The van der Waals surface area contributed by atoms with E-state index in [2.05, 4.69) is 34.5 Å². The van der Waals surface area contributed by atoms with E-state index in [1.807, 2.05) is 31.2 Å². The number of nitrogens with one attached hydrogen (secondary N) is 1. The van der Waals surface area contributed by atoms with E-state index in [4.69, 9.17) is 10.5 Å². The first-order valence-electron chi connectivity index (χ1n) is 9.02. The van der Waals surface area contributed by atoms with Crippen LogP contribution in [0.4, 0.5) is 5.69 Å². The van der Waals surface area contributed by atoms with E-state index in [9.17, 15) is 4.79 Å². The lowest BCUT2D eigenvalue weighted by atomic mass is 9.89. The Morgan fingerprint density at radius 3 is 2.69 bits per heavy atom. The summed E-state index contributed by atoms with van der Waals surface area (Å²) in [4.78, 5) is 14.7. The van der Waals surface area contributed by atoms with Gasteiger partial charge in [-0.15, -0.1) is 0 Å². The number of nitrogens with two attached hydrogens (primary N) is 1. The molecule has 1 aliphatic rings. The van der Waals surface area contributed by atoms with Crippen LogP contribution in [0.1, 0.15) is 17.0 Å². The van der Waals surface area contributed by atoms with Gasteiger partial charge in [0.2, 0.25) is 5.91 Å². The number of carbonyl (C=O) groups excluding carboxylic acids is 1. The highest BCUT2D eigenvalue weighted by atomic mass is 16.5. The predicted molar refractivity (Wildman–Crippen MR) is 105 cm³/mol. The van der Waals surface area contributed by atoms with Crippen LogP contribution in [-0.2, 0) is 4.79 Å². The first-order chi connectivity index (χ1) is 12.6. The third-order valence-electron chi connectivity index (χ3n) is 5.04. The summed E-state index contributed by atoms with van der Waals surface area (Å²) in [5, 5.41) is 2.98. The summed E-state index contributed by atoms with van der Waals surface area (Å²) in [5.74, 6) is 1.40. The van der Waals surface area contributed by atoms with Crippen LogP contribution in [0.5, 0.6) is 5.75 Å². The Labute approximate surface area is 155 Å². The largest absolute Gasteiger partial charge is 0.495 e. The average Bonchev–Trinajstić information content (AvgIpc) is 3.05. The molecule has 1 amide bonds. The highest BCUT2D eigenvalue weighted by Crippen LogP contribution is 2.32. The molecule has 3 N–H and O–H groups in total. The maximum Gasteiger partial charge on any atom is 0.238 e. The Balaban J connectivity index is 1.64. The van der Waals surface area contributed by atoms with Crippen molar-refractivity contribution >= 4 is 11.6 Å². The highest BCUT2D eigenvalue weighted by Gasteiger charge is 2.33. The molecule has 0 unspecified atom stereocenters. The van der Waals surface area contributed by atoms with Crippen molar-refractivity contribution in [3.8, 4) is 5.75 Å². The van der Waals surface area contributed by atoms with E-state index < -0.39 is 0 Å². The van der Waals surface area contributed by atoms with Crippen LogP contribution < -0.4 is 15.8 Å². The molecule has 5 heteroatoms. The lowest BCUT2D eigenvalue weighted by Crippen LogP contribution is -2.32. The summed E-state index contributed by atoms with van der Waals surface area (Å²) in [6, 6.07) is 16.2. The molecule has 3 rings (SSSR count). The molecule has 2 aromatic carbocycles. The summed E-state index contributed by atoms with van der Waals surface area (Å²) >= 11 is 0. The number of rotatable bonds is 6. The Kier molecular flexibility index (Phi) is 5.91. The normalized spacial score (nSPS) is 20.1. The number of amides is 1. The van der Waals surface area contributed by atoms with Gasteiger partial charge in [0, 0.05) is 19.0 Å². The fourth-order valence-corrected chi connectivity index (χ4v) is 3.72. The number of aryl methyl sites for hydroxylation is 1. The number of methoxy groups -OCH3 is 1. The van der Waals surface area contributed by atoms with Gasteiger partial charge in [-0.3, -0.25) is 9.69 Å². The molecule has 0 aliphatic carbocycles. The molecule has 0 spiro atoms. The molecule has 0 bridgehead atoms. The van der Waals surface area contributed by atoms with Gasteiger partial charge in [0.15, 0.2) is 0 Å². The second-order valence-corrected chi connectivity index (χ2v) is 6.96. The second kappa shape index (κ2) is 8.34. The molecular weight excluding hydrogens is 326 g/mol. The molecule has 0 aromatic heterocycles. The van der Waals surface area contributed by atoms with Crippen molar-refractivity contribution in [3.05, 3.63) is 59.7 Å². The maximum absolute atomic E-state index is 12.5. The number of likely N-dealkylation sites (tertiary alicyclic amines) is 1. The third-order valence-corrected chi connectivity index (χ3v) is 5.04. The Bertz CT molecular complexity index is 748. The van der Waals surface area contributed by atoms with Gasteiger partial charge >= 0.3 is 0 Å². The Morgan fingerprint density at radius 1 is 1.23 bits per heavy atom. The van der Waals surface area contributed by atoms with Crippen LogP contribution in [0.2, 0.25) is 0 Å². The van der Waals surface area contributed by atoms with Gasteiger partial charge in [0.1, 0.15) is 5.75 Å². The highest BCUT2D eigenvalue weighted by molar-refractivity contribution is 5.93. The van der Waals surface area contributed by atoms with Crippen LogP contribution in [0.25, 0.3) is 0 Å². The standard InChI is InChI=1S/C21H27N3O2/c1-15-8-9-20(26-2)19(10-15)23-21(25)14-24-12-17(11-22)18(13-24)16-6-4-3-5-7-16/h3-10,17-18H,11-14,22H2,1-2H3,(H,23,25)/t17-,18+/m1/s1. The molecule has 2 atom stereocenters. The fourth-order valence-electron chi connectivity index (χ4n) is 3.72. The van der Waals surface area contributed by atoms with Gasteiger partial charge in [0.25, 0.3) is 0 Å². The summed E-state index contributed by atoms with van der Waals surface area (Å²) < 4.78 is 5.34. The smallest absolute Gasteiger partial charge is 0.238 e. The summed E-state index contributed by atoms with van der Waals surface area (Å²) in [6.07, 6.45) is 0. The third kappa shape index (κ3) is 4.23. The van der Waals surface area contributed by atoms with Gasteiger partial charge in [-0.05, 0) is 42.6 Å². The molecule has 5 nitrogen and oxygen atoms in total. The van der Waals surface area contributed by atoms with E-state index >= 15 is 0 Å². The SMILES string of the molecule is COc1ccc(C)cc1NC(=O)CN1C[C@@H](CN)[C@H](c2ccccc2)C1. The van der Waals surface area contributed by atoms with Gasteiger partial charge in [0.05, 0.1) is 19.3 Å². The predicted octanol–water partition coefficient (Wildman–Crippen LogP) is 2.62. The summed E-state index contributed by atoms with van der Waals surface area (Å²) in [6.45, 7) is 4.67. The van der Waals surface area contributed by atoms with E-state index in [0.29, 0.717) is 36.4 Å². The molecule has 2 aromatic rings. The topological polar surface area (TPSA) is 67.6 Å². The van der Waals surface area contributed by atoms with Crippen molar-refractivity contribution in [2.75, 3.05) is 38.6 Å². The first-order valence-corrected chi connectivity index (χ1v) is 9.02. The lowest BCUT2D eigenvalue weighted by Gasteiger charge is -2.17. The van der Waals surface area contributed by atoms with Crippen LogP contribution in [-0.4, -0.2) is 44.1 Å². The first kappa shape index (κ1) is 18.4. The molecule has 1 fully saturated rings. The zero-order valence-electron chi connectivity index (χ0n) is 15.4. The van der Waals surface area contributed by atoms with Gasteiger partial charge in [-0.2, -0.15) is 0 Å². The van der Waals surface area contributed by atoms with Crippen molar-refractivity contribution in [1.82, 2.24) is 4.90 Å². The van der Waals surface area contributed by atoms with Gasteiger partial charge in [-0.1, -0.05) is 36.4 Å². The fraction of sp³-hybridized carbons (Fsp3) is 0.381. The molecule has 138 valence electrons. The van der Waals surface area contributed by atoms with Crippen molar-refractivity contribution in [2.24, 2.45) is 11.7 Å². The number of anilines is 1. The number of carbonyl (C=O) groups is 1. The van der Waals surface area contributed by atoms with E-state index in [1.54, 1.807) is 7.11 Å². The summed E-state index contributed by atoms with van der Waals surface area (Å²) in [5.41, 5.74) is 9.08. The number of nitrogens with zero attached hydrogens (tertiary/aromatic N) is 1. The van der Waals surface area contributed by atoms with Crippen molar-refractivity contribution < 1.29 is 9.53 Å². The van der Waals surface area contributed by atoms with Crippen molar-refractivity contribution in [2.45, 2.75) is 12.8 Å². The lowest BCUT2D eigenvalue weighted by molar-refractivity contribution is -0.117.